The lowest BCUT2D eigenvalue weighted by atomic mass is 9.66. The van der Waals surface area contributed by atoms with Crippen molar-refractivity contribution in [2.45, 2.75) is 70.8 Å². The summed E-state index contributed by atoms with van der Waals surface area (Å²) < 4.78 is 0. The van der Waals surface area contributed by atoms with Gasteiger partial charge in [-0.05, 0) is 43.9 Å². The second-order valence-electron chi connectivity index (χ2n) is 6.71. The molecule has 0 bridgehead atoms. The molecule has 0 radical (unpaired) electrons. The van der Waals surface area contributed by atoms with E-state index in [0.29, 0.717) is 12.6 Å². The van der Waals surface area contributed by atoms with E-state index in [-0.39, 0.29) is 17.9 Å². The summed E-state index contributed by atoms with van der Waals surface area (Å²) in [5.41, 5.74) is -0.197. The van der Waals surface area contributed by atoms with Crippen LogP contribution in [0, 0.1) is 5.41 Å². The number of amides is 2. The fourth-order valence-electron chi connectivity index (χ4n) is 3.68. The molecule has 0 aromatic carbocycles. The third kappa shape index (κ3) is 4.11. The van der Waals surface area contributed by atoms with Crippen LogP contribution >= 0.6 is 0 Å². The van der Waals surface area contributed by atoms with E-state index in [1.54, 1.807) is 0 Å². The number of carbonyl (C=O) groups is 2. The molecule has 21 heavy (non-hydrogen) atoms. The number of hydrogen-bond donors (Lipinski definition) is 2. The summed E-state index contributed by atoms with van der Waals surface area (Å²) in [5, 5.41) is 12.0. The van der Waals surface area contributed by atoms with Crippen molar-refractivity contribution in [2.24, 2.45) is 5.41 Å². The SMILES string of the molecule is CCCC1CCCCN1C(=O)NCC1(CC(=O)O)CCC1. The van der Waals surface area contributed by atoms with E-state index in [4.69, 9.17) is 5.11 Å². The molecule has 1 saturated carbocycles. The zero-order chi connectivity index (χ0) is 15.3. The Hall–Kier alpha value is -1.26. The summed E-state index contributed by atoms with van der Waals surface area (Å²) in [6, 6.07) is 0.366. The van der Waals surface area contributed by atoms with Crippen molar-refractivity contribution in [2.75, 3.05) is 13.1 Å². The number of likely N-dealkylation sites (tertiary alicyclic amines) is 1. The zero-order valence-electron chi connectivity index (χ0n) is 13.1. The highest BCUT2D eigenvalue weighted by Crippen LogP contribution is 2.43. The van der Waals surface area contributed by atoms with Crippen molar-refractivity contribution in [3.05, 3.63) is 0 Å². The highest BCUT2D eigenvalue weighted by molar-refractivity contribution is 5.75. The molecular weight excluding hydrogens is 268 g/mol. The molecule has 2 fully saturated rings. The van der Waals surface area contributed by atoms with E-state index in [1.165, 1.54) is 6.42 Å². The van der Waals surface area contributed by atoms with Gasteiger partial charge in [0.25, 0.3) is 0 Å². The average molecular weight is 296 g/mol. The van der Waals surface area contributed by atoms with Crippen LogP contribution in [0.5, 0.6) is 0 Å². The minimum absolute atomic E-state index is 0.00446. The maximum Gasteiger partial charge on any atom is 0.317 e. The number of hydrogen-bond acceptors (Lipinski definition) is 2. The van der Waals surface area contributed by atoms with Crippen LogP contribution < -0.4 is 5.32 Å². The minimum atomic E-state index is -0.759. The second-order valence-corrected chi connectivity index (χ2v) is 6.71. The molecule has 1 saturated heterocycles. The molecule has 0 aromatic heterocycles. The highest BCUT2D eigenvalue weighted by Gasteiger charge is 2.39. The van der Waals surface area contributed by atoms with E-state index in [1.807, 2.05) is 4.90 Å². The maximum atomic E-state index is 12.4. The Labute approximate surface area is 127 Å². The monoisotopic (exact) mass is 296 g/mol. The second kappa shape index (κ2) is 7.14. The Morgan fingerprint density at radius 2 is 2.05 bits per heavy atom. The van der Waals surface area contributed by atoms with Gasteiger partial charge in [-0.2, -0.15) is 0 Å². The fourth-order valence-corrected chi connectivity index (χ4v) is 3.68. The van der Waals surface area contributed by atoms with Crippen LogP contribution in [-0.2, 0) is 4.79 Å². The summed E-state index contributed by atoms with van der Waals surface area (Å²) in [4.78, 5) is 25.4. The Kier molecular flexibility index (Phi) is 5.48. The van der Waals surface area contributed by atoms with E-state index in [2.05, 4.69) is 12.2 Å². The molecule has 1 aliphatic carbocycles. The molecule has 2 N–H and O–H groups in total. The van der Waals surface area contributed by atoms with Gasteiger partial charge in [-0.15, -0.1) is 0 Å². The van der Waals surface area contributed by atoms with E-state index in [0.717, 1.165) is 51.5 Å². The summed E-state index contributed by atoms with van der Waals surface area (Å²) in [5.74, 6) is -0.759. The molecule has 2 rings (SSSR count). The molecule has 0 aromatic rings. The lowest BCUT2D eigenvalue weighted by Crippen LogP contribution is -2.52. The van der Waals surface area contributed by atoms with Gasteiger partial charge in [0.1, 0.15) is 0 Å². The number of carboxylic acid groups (broad SMARTS) is 1. The van der Waals surface area contributed by atoms with Gasteiger partial charge >= 0.3 is 12.0 Å². The van der Waals surface area contributed by atoms with Gasteiger partial charge in [-0.3, -0.25) is 4.79 Å². The maximum absolute atomic E-state index is 12.4. The van der Waals surface area contributed by atoms with Gasteiger partial charge in [0, 0.05) is 19.1 Å². The van der Waals surface area contributed by atoms with E-state index < -0.39 is 5.97 Å². The first-order valence-electron chi connectivity index (χ1n) is 8.32. The number of carbonyl (C=O) groups excluding carboxylic acids is 1. The van der Waals surface area contributed by atoms with Crippen molar-refractivity contribution in [3.63, 3.8) is 0 Å². The number of nitrogens with zero attached hydrogens (tertiary/aromatic N) is 1. The predicted octanol–water partition coefficient (Wildman–Crippen LogP) is 3.00. The van der Waals surface area contributed by atoms with Crippen LogP contribution in [0.25, 0.3) is 0 Å². The zero-order valence-corrected chi connectivity index (χ0v) is 13.1. The third-order valence-electron chi connectivity index (χ3n) is 5.06. The molecule has 5 heteroatoms. The summed E-state index contributed by atoms with van der Waals surface area (Å²) in [6.45, 7) is 3.50. The fraction of sp³-hybridized carbons (Fsp3) is 0.875. The molecule has 1 atom stereocenters. The van der Waals surface area contributed by atoms with Crippen molar-refractivity contribution in [1.29, 1.82) is 0 Å². The molecule has 2 amide bonds. The number of urea groups is 1. The highest BCUT2D eigenvalue weighted by atomic mass is 16.4. The van der Waals surface area contributed by atoms with Gasteiger partial charge in [0.05, 0.1) is 6.42 Å². The molecule has 1 heterocycles. The van der Waals surface area contributed by atoms with Crippen molar-refractivity contribution in [1.82, 2.24) is 10.2 Å². The minimum Gasteiger partial charge on any atom is -0.481 e. The number of piperidine rings is 1. The third-order valence-corrected chi connectivity index (χ3v) is 5.06. The Morgan fingerprint density at radius 3 is 2.62 bits per heavy atom. The van der Waals surface area contributed by atoms with Crippen LogP contribution in [0.3, 0.4) is 0 Å². The van der Waals surface area contributed by atoms with Crippen molar-refractivity contribution < 1.29 is 14.7 Å². The van der Waals surface area contributed by atoms with Gasteiger partial charge in [-0.25, -0.2) is 4.79 Å². The van der Waals surface area contributed by atoms with Gasteiger partial charge in [0.2, 0.25) is 0 Å². The molecule has 0 spiro atoms. The molecule has 120 valence electrons. The van der Waals surface area contributed by atoms with Crippen molar-refractivity contribution >= 4 is 12.0 Å². The molecule has 2 aliphatic rings. The van der Waals surface area contributed by atoms with Crippen molar-refractivity contribution in [3.8, 4) is 0 Å². The summed E-state index contributed by atoms with van der Waals surface area (Å²) in [6.07, 6.45) is 8.62. The molecule has 1 aliphatic heterocycles. The number of aliphatic carboxylic acids is 1. The van der Waals surface area contributed by atoms with Crippen LogP contribution in [-0.4, -0.2) is 41.1 Å². The van der Waals surface area contributed by atoms with Gasteiger partial charge < -0.3 is 15.3 Å². The Morgan fingerprint density at radius 1 is 1.29 bits per heavy atom. The quantitative estimate of drug-likeness (QED) is 0.791. The summed E-state index contributed by atoms with van der Waals surface area (Å²) >= 11 is 0. The van der Waals surface area contributed by atoms with E-state index in [9.17, 15) is 9.59 Å². The topological polar surface area (TPSA) is 69.6 Å². The largest absolute Gasteiger partial charge is 0.481 e. The standard InChI is InChI=1S/C16H28N2O3/c1-2-6-13-7-3-4-10-18(13)15(21)17-12-16(8-5-9-16)11-14(19)20/h13H,2-12H2,1H3,(H,17,21)(H,19,20). The lowest BCUT2D eigenvalue weighted by Gasteiger charge is -2.42. The molecule has 5 nitrogen and oxygen atoms in total. The normalized spacial score (nSPS) is 24.2. The number of carboxylic acids is 1. The first-order valence-corrected chi connectivity index (χ1v) is 8.32. The lowest BCUT2D eigenvalue weighted by molar-refractivity contribution is -0.141. The molecule has 1 unspecified atom stereocenters. The van der Waals surface area contributed by atoms with Gasteiger partial charge in [-0.1, -0.05) is 19.8 Å². The van der Waals surface area contributed by atoms with Gasteiger partial charge in [0.15, 0.2) is 0 Å². The summed E-state index contributed by atoms with van der Waals surface area (Å²) in [7, 11) is 0. The average Bonchev–Trinajstić information content (AvgIpc) is 2.42. The van der Waals surface area contributed by atoms with Crippen LogP contribution in [0.1, 0.15) is 64.7 Å². The first-order chi connectivity index (χ1) is 10.1. The predicted molar refractivity (Wildman–Crippen MR) is 81.2 cm³/mol. The van der Waals surface area contributed by atoms with Crippen LogP contribution in [0.2, 0.25) is 0 Å². The van der Waals surface area contributed by atoms with Crippen LogP contribution in [0.4, 0.5) is 4.79 Å². The molecular formula is C16H28N2O3. The Balaban J connectivity index is 1.86. The van der Waals surface area contributed by atoms with Crippen LogP contribution in [0.15, 0.2) is 0 Å². The number of nitrogens with one attached hydrogen (secondary N) is 1. The van der Waals surface area contributed by atoms with E-state index >= 15 is 0 Å². The Bertz CT molecular complexity index is 378. The smallest absolute Gasteiger partial charge is 0.317 e. The number of rotatable bonds is 6. The first kappa shape index (κ1) is 16.1.